The molecule has 1 aromatic carbocycles. The van der Waals surface area contributed by atoms with Crippen molar-refractivity contribution in [1.82, 2.24) is 4.90 Å². The molecule has 0 spiro atoms. The highest BCUT2D eigenvalue weighted by molar-refractivity contribution is 6.32. The van der Waals surface area contributed by atoms with Crippen molar-refractivity contribution in [3.63, 3.8) is 0 Å². The topological polar surface area (TPSA) is 64.3 Å². The lowest BCUT2D eigenvalue weighted by Gasteiger charge is -2.19. The minimum Gasteiger partial charge on any atom is -0.506 e. The number of nitriles is 1. The Morgan fingerprint density at radius 3 is 3.00 bits per heavy atom. The minimum atomic E-state index is -0.352. The third-order valence-corrected chi connectivity index (χ3v) is 3.16. The Morgan fingerprint density at radius 2 is 2.35 bits per heavy atom. The average molecular weight is 251 g/mol. The number of halogens is 1. The van der Waals surface area contributed by atoms with Gasteiger partial charge in [0.2, 0.25) is 0 Å². The number of hydrogen-bond acceptors (Lipinski definition) is 3. The third-order valence-electron chi connectivity index (χ3n) is 2.86. The molecule has 1 saturated heterocycles. The summed E-state index contributed by atoms with van der Waals surface area (Å²) < 4.78 is 0. The fraction of sp³-hybridized carbons (Fsp3) is 0.333. The molecule has 1 aromatic rings. The number of rotatable bonds is 1. The van der Waals surface area contributed by atoms with E-state index in [0.717, 1.165) is 6.42 Å². The van der Waals surface area contributed by atoms with Crippen LogP contribution < -0.4 is 0 Å². The predicted octanol–water partition coefficient (Wildman–Crippen LogP) is 2.17. The van der Waals surface area contributed by atoms with Crippen LogP contribution in [0.5, 0.6) is 5.75 Å². The van der Waals surface area contributed by atoms with Crippen LogP contribution in [0.3, 0.4) is 0 Å². The Bertz CT molecular complexity index is 496. The molecule has 0 radical (unpaired) electrons. The molecule has 0 bridgehead atoms. The Labute approximate surface area is 104 Å². The molecule has 1 aliphatic heterocycles. The van der Waals surface area contributed by atoms with Gasteiger partial charge in [-0.15, -0.1) is 0 Å². The number of benzene rings is 1. The van der Waals surface area contributed by atoms with Gasteiger partial charge < -0.3 is 10.0 Å². The van der Waals surface area contributed by atoms with Crippen molar-refractivity contribution in [3.8, 4) is 11.8 Å². The number of carbonyl (C=O) groups is 1. The quantitative estimate of drug-likeness (QED) is 0.831. The number of amides is 1. The summed E-state index contributed by atoms with van der Waals surface area (Å²) in [5.41, 5.74) is 0.398. The maximum Gasteiger partial charge on any atom is 0.254 e. The lowest BCUT2D eigenvalue weighted by Crippen LogP contribution is -2.34. The zero-order chi connectivity index (χ0) is 12.4. The second-order valence-corrected chi connectivity index (χ2v) is 4.36. The van der Waals surface area contributed by atoms with E-state index in [-0.39, 0.29) is 22.7 Å². The Morgan fingerprint density at radius 1 is 1.59 bits per heavy atom. The van der Waals surface area contributed by atoms with Gasteiger partial charge in [-0.3, -0.25) is 4.79 Å². The van der Waals surface area contributed by atoms with Crippen molar-refractivity contribution in [2.75, 3.05) is 6.54 Å². The third kappa shape index (κ3) is 2.20. The highest BCUT2D eigenvalue weighted by Gasteiger charge is 2.29. The van der Waals surface area contributed by atoms with E-state index in [1.54, 1.807) is 4.90 Å². The summed E-state index contributed by atoms with van der Waals surface area (Å²) in [7, 11) is 0. The number of carbonyl (C=O) groups excluding carboxylic acids is 1. The minimum absolute atomic E-state index is 0.0542. The molecular weight excluding hydrogens is 240 g/mol. The van der Waals surface area contributed by atoms with Gasteiger partial charge in [-0.05, 0) is 31.0 Å². The molecular formula is C12H11ClN2O2. The van der Waals surface area contributed by atoms with Crippen LogP contribution in [0.4, 0.5) is 0 Å². The molecule has 1 N–H and O–H groups in total. The Balaban J connectivity index is 2.25. The summed E-state index contributed by atoms with van der Waals surface area (Å²) in [6, 6.07) is 6.08. The summed E-state index contributed by atoms with van der Waals surface area (Å²) in [6.45, 7) is 0.593. The van der Waals surface area contributed by atoms with Gasteiger partial charge in [0.05, 0.1) is 11.1 Å². The van der Waals surface area contributed by atoms with Crippen LogP contribution in [-0.4, -0.2) is 28.5 Å². The molecule has 0 aliphatic carbocycles. The van der Waals surface area contributed by atoms with Gasteiger partial charge in [0.25, 0.3) is 5.91 Å². The van der Waals surface area contributed by atoms with Gasteiger partial charge in [0, 0.05) is 12.1 Å². The smallest absolute Gasteiger partial charge is 0.254 e. The van der Waals surface area contributed by atoms with Crippen molar-refractivity contribution >= 4 is 17.5 Å². The summed E-state index contributed by atoms with van der Waals surface area (Å²) >= 11 is 5.75. The molecule has 1 atom stereocenters. The lowest BCUT2D eigenvalue weighted by atomic mass is 10.1. The summed E-state index contributed by atoms with van der Waals surface area (Å²) in [5, 5.41) is 18.3. The second-order valence-electron chi connectivity index (χ2n) is 3.95. The van der Waals surface area contributed by atoms with Crippen LogP contribution in [0.25, 0.3) is 0 Å². The Kier molecular flexibility index (Phi) is 3.21. The standard InChI is InChI=1S/C12H11ClN2O2/c13-10-6-8(3-4-11(10)16)12(17)15-5-1-2-9(15)7-14/h3-4,6,9,16H,1-2,5H2. The predicted molar refractivity (Wildman–Crippen MR) is 62.8 cm³/mol. The van der Waals surface area contributed by atoms with E-state index in [4.69, 9.17) is 16.9 Å². The van der Waals surface area contributed by atoms with Crippen LogP contribution in [0, 0.1) is 11.3 Å². The first-order valence-electron chi connectivity index (χ1n) is 5.32. The largest absolute Gasteiger partial charge is 0.506 e. The van der Waals surface area contributed by atoms with Crippen LogP contribution in [0.15, 0.2) is 18.2 Å². The highest BCUT2D eigenvalue weighted by Crippen LogP contribution is 2.26. The van der Waals surface area contributed by atoms with Gasteiger partial charge >= 0.3 is 0 Å². The zero-order valence-electron chi connectivity index (χ0n) is 9.06. The second kappa shape index (κ2) is 4.64. The van der Waals surface area contributed by atoms with E-state index >= 15 is 0 Å². The molecule has 5 heteroatoms. The summed E-state index contributed by atoms with van der Waals surface area (Å²) in [6.07, 6.45) is 1.56. The lowest BCUT2D eigenvalue weighted by molar-refractivity contribution is 0.0765. The van der Waals surface area contributed by atoms with Crippen molar-refractivity contribution in [3.05, 3.63) is 28.8 Å². The first kappa shape index (κ1) is 11.7. The van der Waals surface area contributed by atoms with Crippen LogP contribution >= 0.6 is 11.6 Å². The average Bonchev–Trinajstić information content (AvgIpc) is 2.80. The number of nitrogens with zero attached hydrogens (tertiary/aromatic N) is 2. The van der Waals surface area contributed by atoms with Gasteiger partial charge in [0.1, 0.15) is 11.8 Å². The van der Waals surface area contributed by atoms with E-state index < -0.39 is 0 Å². The summed E-state index contributed by atoms with van der Waals surface area (Å²) in [5.74, 6) is -0.266. The Hall–Kier alpha value is -1.73. The maximum atomic E-state index is 12.1. The molecule has 17 heavy (non-hydrogen) atoms. The number of likely N-dealkylation sites (tertiary alicyclic amines) is 1. The van der Waals surface area contributed by atoms with Crippen molar-refractivity contribution in [1.29, 1.82) is 5.26 Å². The molecule has 1 heterocycles. The molecule has 88 valence electrons. The van der Waals surface area contributed by atoms with E-state index in [1.165, 1.54) is 18.2 Å². The van der Waals surface area contributed by atoms with Crippen LogP contribution in [0.2, 0.25) is 5.02 Å². The molecule has 0 saturated carbocycles. The fourth-order valence-corrected chi connectivity index (χ4v) is 2.13. The van der Waals surface area contributed by atoms with Crippen LogP contribution in [0.1, 0.15) is 23.2 Å². The SMILES string of the molecule is N#CC1CCCN1C(=O)c1ccc(O)c(Cl)c1. The van der Waals surface area contributed by atoms with E-state index in [2.05, 4.69) is 6.07 Å². The normalized spacial score (nSPS) is 19.1. The molecule has 4 nitrogen and oxygen atoms in total. The van der Waals surface area contributed by atoms with Gasteiger partial charge in [-0.1, -0.05) is 11.6 Å². The monoisotopic (exact) mass is 250 g/mol. The number of phenolic OH excluding ortho intramolecular Hbond substituents is 1. The van der Waals surface area contributed by atoms with Gasteiger partial charge in [-0.2, -0.15) is 5.26 Å². The first-order valence-corrected chi connectivity index (χ1v) is 5.70. The zero-order valence-corrected chi connectivity index (χ0v) is 9.81. The van der Waals surface area contributed by atoms with Crippen molar-refractivity contribution in [2.24, 2.45) is 0 Å². The van der Waals surface area contributed by atoms with Crippen molar-refractivity contribution in [2.45, 2.75) is 18.9 Å². The van der Waals surface area contributed by atoms with Gasteiger partial charge in [0.15, 0.2) is 0 Å². The van der Waals surface area contributed by atoms with E-state index in [9.17, 15) is 9.90 Å². The van der Waals surface area contributed by atoms with Crippen molar-refractivity contribution < 1.29 is 9.90 Å². The molecule has 0 aromatic heterocycles. The van der Waals surface area contributed by atoms with Crippen LogP contribution in [-0.2, 0) is 0 Å². The number of aromatic hydroxyl groups is 1. The number of phenols is 1. The van der Waals surface area contributed by atoms with E-state index in [1.807, 2.05) is 0 Å². The summed E-state index contributed by atoms with van der Waals surface area (Å²) in [4.78, 5) is 13.7. The molecule has 2 rings (SSSR count). The number of hydrogen-bond donors (Lipinski definition) is 1. The van der Waals surface area contributed by atoms with E-state index in [0.29, 0.717) is 18.5 Å². The molecule has 1 amide bonds. The molecule has 1 aliphatic rings. The first-order chi connectivity index (χ1) is 8.13. The fourth-order valence-electron chi connectivity index (χ4n) is 1.95. The molecule has 1 fully saturated rings. The maximum absolute atomic E-state index is 12.1. The highest BCUT2D eigenvalue weighted by atomic mass is 35.5. The van der Waals surface area contributed by atoms with Gasteiger partial charge in [-0.25, -0.2) is 0 Å². The molecule has 1 unspecified atom stereocenters.